The Morgan fingerprint density at radius 2 is 1.78 bits per heavy atom. The Balaban J connectivity index is 1.73. The molecule has 23 heavy (non-hydrogen) atoms. The molecule has 4 saturated carbocycles. The molecule has 0 aliphatic heterocycles. The van der Waals surface area contributed by atoms with E-state index in [1.165, 1.54) is 12.0 Å². The van der Waals surface area contributed by atoms with Gasteiger partial charge in [0.15, 0.2) is 0 Å². The van der Waals surface area contributed by atoms with Gasteiger partial charge in [0, 0.05) is 19.2 Å². The van der Waals surface area contributed by atoms with Crippen LogP contribution in [0.1, 0.15) is 44.1 Å². The number of carbonyl (C=O) groups is 1. The van der Waals surface area contributed by atoms with Crippen molar-refractivity contribution >= 4 is 11.6 Å². The van der Waals surface area contributed by atoms with E-state index >= 15 is 0 Å². The Morgan fingerprint density at radius 3 is 2.30 bits per heavy atom. The number of nitro benzene ring substituents is 1. The van der Waals surface area contributed by atoms with E-state index in [-0.39, 0.29) is 27.3 Å². The largest absolute Gasteiger partial charge is 0.359 e. The molecule has 0 saturated heterocycles. The molecule has 5 nitrogen and oxygen atoms in total. The van der Waals surface area contributed by atoms with Crippen LogP contribution in [0.25, 0.3) is 0 Å². The van der Waals surface area contributed by atoms with Gasteiger partial charge >= 0.3 is 0 Å². The van der Waals surface area contributed by atoms with Crippen molar-refractivity contribution in [3.8, 4) is 0 Å². The van der Waals surface area contributed by atoms with Crippen molar-refractivity contribution in [1.82, 2.24) is 5.32 Å². The average molecular weight is 314 g/mol. The van der Waals surface area contributed by atoms with E-state index in [2.05, 4.69) is 5.32 Å². The van der Waals surface area contributed by atoms with E-state index in [4.69, 9.17) is 0 Å². The molecule has 5 heteroatoms. The molecule has 0 spiro atoms. The first-order chi connectivity index (χ1) is 11.0. The smallest absolute Gasteiger partial charge is 0.269 e. The van der Waals surface area contributed by atoms with Crippen LogP contribution in [0.2, 0.25) is 0 Å². The number of hydrogen-bond acceptors (Lipinski definition) is 3. The second kappa shape index (κ2) is 4.79. The molecular formula is C18H22N2O3. The normalized spacial score (nSPS) is 37.6. The van der Waals surface area contributed by atoms with Crippen LogP contribution in [0.4, 0.5) is 5.69 Å². The lowest BCUT2D eigenvalue weighted by atomic mass is 9.42. The zero-order valence-corrected chi connectivity index (χ0v) is 13.4. The van der Waals surface area contributed by atoms with Crippen LogP contribution < -0.4 is 5.32 Å². The van der Waals surface area contributed by atoms with Gasteiger partial charge in [-0.25, -0.2) is 0 Å². The maximum absolute atomic E-state index is 12.6. The summed E-state index contributed by atoms with van der Waals surface area (Å²) >= 11 is 0. The number of benzene rings is 1. The van der Waals surface area contributed by atoms with E-state index < -0.39 is 0 Å². The fraction of sp³-hybridized carbons (Fsp3) is 0.611. The highest BCUT2D eigenvalue weighted by molar-refractivity contribution is 5.83. The molecule has 0 heterocycles. The van der Waals surface area contributed by atoms with Crippen molar-refractivity contribution in [1.29, 1.82) is 0 Å². The van der Waals surface area contributed by atoms with Crippen LogP contribution in [-0.4, -0.2) is 17.9 Å². The van der Waals surface area contributed by atoms with Crippen molar-refractivity contribution in [2.45, 2.75) is 43.9 Å². The molecule has 2 unspecified atom stereocenters. The lowest BCUT2D eigenvalue weighted by Gasteiger charge is -2.61. The van der Waals surface area contributed by atoms with Crippen LogP contribution in [-0.2, 0) is 10.2 Å². The van der Waals surface area contributed by atoms with Gasteiger partial charge in [0.25, 0.3) is 5.69 Å². The number of rotatable bonds is 3. The number of amides is 1. The molecule has 2 atom stereocenters. The van der Waals surface area contributed by atoms with Crippen LogP contribution in [0.15, 0.2) is 24.3 Å². The van der Waals surface area contributed by atoms with Gasteiger partial charge in [-0.15, -0.1) is 0 Å². The number of nitrogens with one attached hydrogen (secondary N) is 1. The van der Waals surface area contributed by atoms with Crippen molar-refractivity contribution in [3.05, 3.63) is 39.9 Å². The SMILES string of the molecule is CNC(=O)C12CC3CC(C1)CC(c1ccc([N+](=O)[O-])cc1)(C3)C2. The third-order valence-corrected chi connectivity index (χ3v) is 6.46. The second-order valence-electron chi connectivity index (χ2n) is 7.90. The van der Waals surface area contributed by atoms with Gasteiger partial charge in [-0.3, -0.25) is 14.9 Å². The molecule has 1 N–H and O–H groups in total. The van der Waals surface area contributed by atoms with Gasteiger partial charge in [0.1, 0.15) is 0 Å². The third kappa shape index (κ3) is 2.09. The highest BCUT2D eigenvalue weighted by Gasteiger charge is 2.60. The lowest BCUT2D eigenvalue weighted by molar-refractivity contribution is -0.384. The van der Waals surface area contributed by atoms with Crippen molar-refractivity contribution < 1.29 is 9.72 Å². The maximum atomic E-state index is 12.6. The third-order valence-electron chi connectivity index (χ3n) is 6.46. The van der Waals surface area contributed by atoms with E-state index in [9.17, 15) is 14.9 Å². The first-order valence-electron chi connectivity index (χ1n) is 8.44. The fourth-order valence-electron chi connectivity index (χ4n) is 6.07. The minimum Gasteiger partial charge on any atom is -0.359 e. The minimum absolute atomic E-state index is 0.0335. The van der Waals surface area contributed by atoms with Crippen LogP contribution in [0.5, 0.6) is 0 Å². The summed E-state index contributed by atoms with van der Waals surface area (Å²) in [5, 5.41) is 13.8. The molecule has 4 fully saturated rings. The first-order valence-corrected chi connectivity index (χ1v) is 8.44. The van der Waals surface area contributed by atoms with E-state index in [0.29, 0.717) is 11.8 Å². The molecule has 4 aliphatic rings. The van der Waals surface area contributed by atoms with Crippen molar-refractivity contribution in [2.75, 3.05) is 7.05 Å². The number of nitrogens with zero attached hydrogens (tertiary/aromatic N) is 1. The van der Waals surface area contributed by atoms with Crippen LogP contribution in [0, 0.1) is 27.4 Å². The van der Waals surface area contributed by atoms with Crippen LogP contribution in [0.3, 0.4) is 0 Å². The zero-order chi connectivity index (χ0) is 16.2. The molecular weight excluding hydrogens is 292 g/mol. The van der Waals surface area contributed by atoms with Gasteiger partial charge in [0.2, 0.25) is 5.91 Å². The Bertz CT molecular complexity index is 653. The van der Waals surface area contributed by atoms with Crippen LogP contribution >= 0.6 is 0 Å². The van der Waals surface area contributed by atoms with E-state index in [1.54, 1.807) is 19.2 Å². The summed E-state index contributed by atoms with van der Waals surface area (Å²) in [6, 6.07) is 7.06. The molecule has 5 rings (SSSR count). The highest BCUT2D eigenvalue weighted by Crippen LogP contribution is 2.65. The summed E-state index contributed by atoms with van der Waals surface area (Å²) in [6.07, 6.45) is 6.41. The van der Waals surface area contributed by atoms with Crippen molar-refractivity contribution in [3.63, 3.8) is 0 Å². The second-order valence-corrected chi connectivity index (χ2v) is 7.90. The van der Waals surface area contributed by atoms with Gasteiger partial charge in [-0.05, 0) is 61.3 Å². The van der Waals surface area contributed by atoms with Crippen molar-refractivity contribution in [2.24, 2.45) is 17.3 Å². The maximum Gasteiger partial charge on any atom is 0.269 e. The number of nitro groups is 1. The Morgan fingerprint density at radius 1 is 1.17 bits per heavy atom. The molecule has 0 aromatic heterocycles. The number of non-ortho nitro benzene ring substituents is 1. The summed E-state index contributed by atoms with van der Waals surface area (Å²) in [4.78, 5) is 23.1. The summed E-state index contributed by atoms with van der Waals surface area (Å²) in [7, 11) is 1.74. The number of hydrogen-bond donors (Lipinski definition) is 1. The molecule has 122 valence electrons. The van der Waals surface area contributed by atoms with Gasteiger partial charge in [-0.1, -0.05) is 12.1 Å². The monoisotopic (exact) mass is 314 g/mol. The molecule has 1 amide bonds. The molecule has 4 aliphatic carbocycles. The Kier molecular flexibility index (Phi) is 3.06. The molecule has 4 bridgehead atoms. The van der Waals surface area contributed by atoms with Gasteiger partial charge in [-0.2, -0.15) is 0 Å². The predicted octanol–water partition coefficient (Wildman–Crippen LogP) is 3.18. The highest BCUT2D eigenvalue weighted by atomic mass is 16.6. The molecule has 1 aromatic rings. The first kappa shape index (κ1) is 14.7. The average Bonchev–Trinajstić information content (AvgIpc) is 2.53. The topological polar surface area (TPSA) is 72.2 Å². The minimum atomic E-state index is -0.352. The predicted molar refractivity (Wildman–Crippen MR) is 86.0 cm³/mol. The quantitative estimate of drug-likeness (QED) is 0.688. The number of carbonyl (C=O) groups excluding carboxylic acids is 1. The van der Waals surface area contributed by atoms with E-state index in [0.717, 1.165) is 32.1 Å². The zero-order valence-electron chi connectivity index (χ0n) is 13.4. The van der Waals surface area contributed by atoms with Gasteiger partial charge < -0.3 is 5.32 Å². The fourth-order valence-corrected chi connectivity index (χ4v) is 6.07. The summed E-state index contributed by atoms with van der Waals surface area (Å²) < 4.78 is 0. The summed E-state index contributed by atoms with van der Waals surface area (Å²) in [5.74, 6) is 1.42. The summed E-state index contributed by atoms with van der Waals surface area (Å²) in [5.41, 5.74) is 1.14. The molecule has 0 radical (unpaired) electrons. The standard InChI is InChI=1S/C18H22N2O3/c1-19-16(21)18-9-12-6-13(10-18)8-17(7-12,11-18)14-2-4-15(5-3-14)20(22)23/h2-5,12-13H,6-11H2,1H3,(H,19,21). The Hall–Kier alpha value is -1.91. The lowest BCUT2D eigenvalue weighted by Crippen LogP contribution is -2.58. The molecule has 1 aromatic carbocycles. The Labute approximate surface area is 135 Å². The van der Waals surface area contributed by atoms with E-state index in [1.807, 2.05) is 12.1 Å². The van der Waals surface area contributed by atoms with Gasteiger partial charge in [0.05, 0.1) is 10.3 Å². The summed E-state index contributed by atoms with van der Waals surface area (Å²) in [6.45, 7) is 0.